The predicted octanol–water partition coefficient (Wildman–Crippen LogP) is -0.0473. The molecule has 14 heavy (non-hydrogen) atoms. The van der Waals surface area contributed by atoms with E-state index in [4.69, 9.17) is 10.2 Å². The lowest BCUT2D eigenvalue weighted by molar-refractivity contribution is 0.0934. The molecule has 1 aromatic carbocycles. The molecule has 0 bridgehead atoms. The number of hydrogen-bond donors (Lipinski definition) is 4. The van der Waals surface area contributed by atoms with Gasteiger partial charge >= 0.3 is 0 Å². The highest BCUT2D eigenvalue weighted by atomic mass is 16.3. The van der Waals surface area contributed by atoms with Crippen molar-refractivity contribution in [1.29, 1.82) is 0 Å². The number of phenolic OH excluding ortho intramolecular Hbond substituents is 1. The summed E-state index contributed by atoms with van der Waals surface area (Å²) in [6.45, 7) is -0.408. The molecule has 1 atom stereocenters. The van der Waals surface area contributed by atoms with Crippen LogP contribution in [0.5, 0.6) is 5.75 Å². The van der Waals surface area contributed by atoms with Crippen LogP contribution in [0.1, 0.15) is 17.2 Å². The van der Waals surface area contributed by atoms with Crippen molar-refractivity contribution >= 4 is 0 Å². The summed E-state index contributed by atoms with van der Waals surface area (Å²) in [5.74, 6) is -0.0579. The van der Waals surface area contributed by atoms with E-state index in [1.165, 1.54) is 6.07 Å². The van der Waals surface area contributed by atoms with Crippen LogP contribution in [-0.4, -0.2) is 33.6 Å². The molecule has 1 aromatic rings. The van der Waals surface area contributed by atoms with E-state index in [1.54, 1.807) is 12.1 Å². The average molecular weight is 198 g/mol. The van der Waals surface area contributed by atoms with Gasteiger partial charge in [0.2, 0.25) is 0 Å². The lowest BCUT2D eigenvalue weighted by Gasteiger charge is -2.10. The van der Waals surface area contributed by atoms with Crippen molar-refractivity contribution in [2.75, 3.05) is 13.2 Å². The van der Waals surface area contributed by atoms with Crippen molar-refractivity contribution in [1.82, 2.24) is 0 Å². The highest BCUT2D eigenvalue weighted by molar-refractivity contribution is 5.38. The summed E-state index contributed by atoms with van der Waals surface area (Å²) in [7, 11) is 0. The molecule has 0 aromatic heterocycles. The first kappa shape index (κ1) is 11.0. The molecule has 0 saturated carbocycles. The fraction of sp³-hybridized carbons (Fsp3) is 0.400. The predicted molar refractivity (Wildman–Crippen MR) is 50.9 cm³/mol. The van der Waals surface area contributed by atoms with Crippen molar-refractivity contribution in [3.05, 3.63) is 29.3 Å². The van der Waals surface area contributed by atoms with E-state index >= 15 is 0 Å². The summed E-state index contributed by atoms with van der Waals surface area (Å²) >= 11 is 0. The van der Waals surface area contributed by atoms with E-state index in [0.717, 1.165) is 5.56 Å². The van der Waals surface area contributed by atoms with Gasteiger partial charge in [0.25, 0.3) is 0 Å². The second-order valence-electron chi connectivity index (χ2n) is 3.07. The van der Waals surface area contributed by atoms with Crippen molar-refractivity contribution < 1.29 is 20.4 Å². The quantitative estimate of drug-likeness (QED) is 0.547. The fourth-order valence-electron chi connectivity index (χ4n) is 1.25. The molecule has 4 nitrogen and oxygen atoms in total. The van der Waals surface area contributed by atoms with E-state index in [0.29, 0.717) is 12.0 Å². The molecule has 4 heteroatoms. The van der Waals surface area contributed by atoms with Crippen LogP contribution < -0.4 is 0 Å². The molecule has 0 aliphatic heterocycles. The average Bonchev–Trinajstić information content (AvgIpc) is 2.17. The van der Waals surface area contributed by atoms with Gasteiger partial charge in [0, 0.05) is 12.2 Å². The van der Waals surface area contributed by atoms with Crippen LogP contribution in [-0.2, 0) is 6.42 Å². The van der Waals surface area contributed by atoms with E-state index < -0.39 is 12.7 Å². The minimum Gasteiger partial charge on any atom is -0.508 e. The van der Waals surface area contributed by atoms with E-state index in [2.05, 4.69) is 0 Å². The van der Waals surface area contributed by atoms with Crippen LogP contribution in [0.15, 0.2) is 18.2 Å². The molecule has 0 amide bonds. The van der Waals surface area contributed by atoms with Crippen LogP contribution in [0.3, 0.4) is 0 Å². The second kappa shape index (κ2) is 4.95. The zero-order chi connectivity index (χ0) is 10.6. The first-order valence-electron chi connectivity index (χ1n) is 4.40. The zero-order valence-electron chi connectivity index (χ0n) is 7.72. The summed E-state index contributed by atoms with van der Waals surface area (Å²) in [6.07, 6.45) is -0.596. The molecule has 78 valence electrons. The molecule has 1 unspecified atom stereocenters. The summed E-state index contributed by atoms with van der Waals surface area (Å²) in [4.78, 5) is 0. The lowest BCUT2D eigenvalue weighted by atomic mass is 10.0. The third-order valence-electron chi connectivity index (χ3n) is 2.03. The van der Waals surface area contributed by atoms with Crippen molar-refractivity contribution in [3.63, 3.8) is 0 Å². The maximum Gasteiger partial charge on any atom is 0.121 e. The summed E-state index contributed by atoms with van der Waals surface area (Å²) < 4.78 is 0. The number of aromatic hydroxyl groups is 1. The van der Waals surface area contributed by atoms with Crippen LogP contribution in [0.25, 0.3) is 0 Å². The number of aliphatic hydroxyl groups excluding tert-OH is 3. The Kier molecular flexibility index (Phi) is 3.88. The van der Waals surface area contributed by atoms with Gasteiger partial charge in [-0.2, -0.15) is 0 Å². The molecule has 0 heterocycles. The standard InChI is InChI=1S/C10H14O4/c11-4-3-7-1-2-8(9(13)5-7)10(14)6-12/h1-2,5,10-14H,3-4,6H2. The van der Waals surface area contributed by atoms with Crippen molar-refractivity contribution in [2.45, 2.75) is 12.5 Å². The van der Waals surface area contributed by atoms with Gasteiger partial charge in [-0.05, 0) is 18.1 Å². The van der Waals surface area contributed by atoms with Crippen LogP contribution in [0.4, 0.5) is 0 Å². The lowest BCUT2D eigenvalue weighted by Crippen LogP contribution is -2.03. The van der Waals surface area contributed by atoms with E-state index in [9.17, 15) is 10.2 Å². The largest absolute Gasteiger partial charge is 0.508 e. The van der Waals surface area contributed by atoms with Crippen LogP contribution in [0.2, 0.25) is 0 Å². The second-order valence-corrected chi connectivity index (χ2v) is 3.07. The van der Waals surface area contributed by atoms with Crippen molar-refractivity contribution in [3.8, 4) is 5.75 Å². The fourth-order valence-corrected chi connectivity index (χ4v) is 1.25. The Labute approximate surface area is 82.1 Å². The number of hydrogen-bond acceptors (Lipinski definition) is 4. The van der Waals surface area contributed by atoms with Crippen LogP contribution in [0, 0.1) is 0 Å². The smallest absolute Gasteiger partial charge is 0.121 e. The Morgan fingerprint density at radius 1 is 1.21 bits per heavy atom. The SMILES string of the molecule is OCCc1ccc(C(O)CO)c(O)c1. The van der Waals surface area contributed by atoms with Gasteiger partial charge in [-0.25, -0.2) is 0 Å². The Morgan fingerprint density at radius 2 is 1.93 bits per heavy atom. The molecule has 0 fully saturated rings. The monoisotopic (exact) mass is 198 g/mol. The molecular weight excluding hydrogens is 184 g/mol. The normalized spacial score (nSPS) is 12.8. The molecule has 1 rings (SSSR count). The van der Waals surface area contributed by atoms with E-state index in [-0.39, 0.29) is 12.4 Å². The maximum absolute atomic E-state index is 9.47. The van der Waals surface area contributed by atoms with E-state index in [1.807, 2.05) is 0 Å². The van der Waals surface area contributed by atoms with Crippen molar-refractivity contribution in [2.24, 2.45) is 0 Å². The Morgan fingerprint density at radius 3 is 2.43 bits per heavy atom. The Bertz CT molecular complexity index is 298. The summed E-state index contributed by atoms with van der Waals surface area (Å²) in [6, 6.07) is 4.72. The molecule has 0 saturated heterocycles. The molecule has 0 radical (unpaired) electrons. The number of rotatable bonds is 4. The summed E-state index contributed by atoms with van der Waals surface area (Å²) in [5, 5.41) is 36.1. The molecular formula is C10H14O4. The zero-order valence-corrected chi connectivity index (χ0v) is 7.72. The van der Waals surface area contributed by atoms with Gasteiger partial charge in [-0.3, -0.25) is 0 Å². The maximum atomic E-state index is 9.47. The molecule has 0 aliphatic rings. The highest BCUT2D eigenvalue weighted by Crippen LogP contribution is 2.25. The molecule has 0 aliphatic carbocycles. The van der Waals surface area contributed by atoms with Gasteiger partial charge in [0.05, 0.1) is 6.61 Å². The first-order valence-corrected chi connectivity index (χ1v) is 4.40. The number of phenols is 1. The highest BCUT2D eigenvalue weighted by Gasteiger charge is 2.10. The van der Waals surface area contributed by atoms with Crippen LogP contribution >= 0.6 is 0 Å². The van der Waals surface area contributed by atoms with Gasteiger partial charge in [-0.15, -0.1) is 0 Å². The van der Waals surface area contributed by atoms with Gasteiger partial charge in [0.15, 0.2) is 0 Å². The first-order chi connectivity index (χ1) is 6.69. The van der Waals surface area contributed by atoms with Gasteiger partial charge in [0.1, 0.15) is 11.9 Å². The number of aliphatic hydroxyl groups is 3. The number of benzene rings is 1. The van der Waals surface area contributed by atoms with Gasteiger partial charge in [-0.1, -0.05) is 12.1 Å². The Hall–Kier alpha value is -1.10. The molecule has 4 N–H and O–H groups in total. The third kappa shape index (κ3) is 2.45. The van der Waals surface area contributed by atoms with Gasteiger partial charge < -0.3 is 20.4 Å². The summed E-state index contributed by atoms with van der Waals surface area (Å²) in [5.41, 5.74) is 1.09. The molecule has 0 spiro atoms. The Balaban J connectivity index is 2.89. The topological polar surface area (TPSA) is 80.9 Å². The minimum absolute atomic E-state index is 0.0152. The minimum atomic E-state index is -1.06. The third-order valence-corrected chi connectivity index (χ3v) is 2.03.